The molecular weight excluding hydrogens is 229 g/mol. The fourth-order valence-electron chi connectivity index (χ4n) is 2.63. The number of rotatable bonds is 3. The van der Waals surface area contributed by atoms with Crippen molar-refractivity contribution < 1.29 is 4.39 Å². The molecular formula is C14H22FN3. The second-order valence-electron chi connectivity index (χ2n) is 5.31. The van der Waals surface area contributed by atoms with Crippen molar-refractivity contribution in [3.63, 3.8) is 0 Å². The molecule has 1 fully saturated rings. The number of nitrogens with zero attached hydrogens (tertiary/aromatic N) is 2. The van der Waals surface area contributed by atoms with Gasteiger partial charge in [-0.1, -0.05) is 6.07 Å². The van der Waals surface area contributed by atoms with Crippen LogP contribution in [0.3, 0.4) is 0 Å². The van der Waals surface area contributed by atoms with Gasteiger partial charge in [-0.2, -0.15) is 0 Å². The van der Waals surface area contributed by atoms with E-state index in [0.29, 0.717) is 11.6 Å². The van der Waals surface area contributed by atoms with Crippen LogP contribution in [0.1, 0.15) is 24.9 Å². The van der Waals surface area contributed by atoms with Gasteiger partial charge in [0.2, 0.25) is 0 Å². The van der Waals surface area contributed by atoms with E-state index in [1.165, 1.54) is 6.07 Å². The molecule has 1 saturated heterocycles. The molecule has 0 aromatic heterocycles. The zero-order valence-corrected chi connectivity index (χ0v) is 11.4. The number of nitrogens with two attached hydrogens (primary N) is 1. The van der Waals surface area contributed by atoms with Gasteiger partial charge < -0.3 is 15.5 Å². The zero-order chi connectivity index (χ0) is 13.3. The first-order valence-electron chi connectivity index (χ1n) is 6.46. The quantitative estimate of drug-likeness (QED) is 0.891. The van der Waals surface area contributed by atoms with E-state index >= 15 is 0 Å². The Morgan fingerprint density at radius 2 is 2.17 bits per heavy atom. The van der Waals surface area contributed by atoms with E-state index in [4.69, 9.17) is 5.73 Å². The first-order chi connectivity index (χ1) is 8.50. The highest BCUT2D eigenvalue weighted by molar-refractivity contribution is 5.56. The predicted octanol–water partition coefficient (Wildman–Crippen LogP) is 1.99. The van der Waals surface area contributed by atoms with Crippen molar-refractivity contribution in [3.05, 3.63) is 29.6 Å². The minimum Gasteiger partial charge on any atom is -0.370 e. The van der Waals surface area contributed by atoms with Crippen LogP contribution >= 0.6 is 0 Å². The lowest BCUT2D eigenvalue weighted by molar-refractivity contribution is 0.315. The maximum Gasteiger partial charge on any atom is 0.130 e. The lowest BCUT2D eigenvalue weighted by atomic mass is 10.1. The van der Waals surface area contributed by atoms with Gasteiger partial charge in [0, 0.05) is 36.4 Å². The average Bonchev–Trinajstić information content (AvgIpc) is 2.77. The molecule has 18 heavy (non-hydrogen) atoms. The zero-order valence-electron chi connectivity index (χ0n) is 11.4. The molecule has 0 radical (unpaired) electrons. The van der Waals surface area contributed by atoms with Crippen LogP contribution in [0.15, 0.2) is 18.2 Å². The molecule has 0 bridgehead atoms. The lowest BCUT2D eigenvalue weighted by Crippen LogP contribution is -2.32. The van der Waals surface area contributed by atoms with Crippen molar-refractivity contribution in [2.45, 2.75) is 25.4 Å². The SMILES string of the molecule is C[C@@H](N)c1c(F)cccc1N1CCC(N(C)C)C1. The topological polar surface area (TPSA) is 32.5 Å². The minimum absolute atomic E-state index is 0.198. The van der Waals surface area contributed by atoms with Gasteiger partial charge in [-0.25, -0.2) is 4.39 Å². The van der Waals surface area contributed by atoms with Crippen molar-refractivity contribution in [1.82, 2.24) is 4.90 Å². The number of hydrogen-bond donors (Lipinski definition) is 1. The van der Waals surface area contributed by atoms with Gasteiger partial charge in [0.05, 0.1) is 0 Å². The number of likely N-dealkylation sites (N-methyl/N-ethyl adjacent to an activating group) is 1. The summed E-state index contributed by atoms with van der Waals surface area (Å²) in [6.45, 7) is 3.74. The summed E-state index contributed by atoms with van der Waals surface area (Å²) in [6, 6.07) is 5.48. The normalized spacial score (nSPS) is 21.7. The van der Waals surface area contributed by atoms with Crippen LogP contribution in [0.25, 0.3) is 0 Å². The largest absolute Gasteiger partial charge is 0.370 e. The Hall–Kier alpha value is -1.13. The summed E-state index contributed by atoms with van der Waals surface area (Å²) in [5.74, 6) is -0.198. The van der Waals surface area contributed by atoms with E-state index in [0.717, 1.165) is 25.2 Å². The van der Waals surface area contributed by atoms with E-state index < -0.39 is 0 Å². The second kappa shape index (κ2) is 5.24. The highest BCUT2D eigenvalue weighted by Crippen LogP contribution is 2.30. The van der Waals surface area contributed by atoms with Crippen LogP contribution in [0.2, 0.25) is 0 Å². The van der Waals surface area contributed by atoms with Gasteiger partial charge in [0.25, 0.3) is 0 Å². The van der Waals surface area contributed by atoms with Crippen LogP contribution in [-0.4, -0.2) is 38.1 Å². The Labute approximate surface area is 108 Å². The maximum atomic E-state index is 13.9. The molecule has 1 aliphatic heterocycles. The summed E-state index contributed by atoms with van der Waals surface area (Å²) in [7, 11) is 4.18. The lowest BCUT2D eigenvalue weighted by Gasteiger charge is -2.25. The first kappa shape index (κ1) is 13.3. The van der Waals surface area contributed by atoms with E-state index in [-0.39, 0.29) is 11.9 Å². The second-order valence-corrected chi connectivity index (χ2v) is 5.31. The standard InChI is InChI=1S/C14H22FN3/c1-10(16)14-12(15)5-4-6-13(14)18-8-7-11(9-18)17(2)3/h4-6,10-11H,7-9,16H2,1-3H3/t10-,11?/m1/s1. The van der Waals surface area contributed by atoms with Crippen molar-refractivity contribution in [1.29, 1.82) is 0 Å². The molecule has 1 aromatic rings. The monoisotopic (exact) mass is 251 g/mol. The van der Waals surface area contributed by atoms with Gasteiger partial charge in [0.15, 0.2) is 0 Å². The molecule has 3 nitrogen and oxygen atoms in total. The maximum absolute atomic E-state index is 13.9. The Morgan fingerprint density at radius 3 is 2.72 bits per heavy atom. The van der Waals surface area contributed by atoms with E-state index in [1.807, 2.05) is 13.0 Å². The van der Waals surface area contributed by atoms with Crippen LogP contribution in [0.5, 0.6) is 0 Å². The van der Waals surface area contributed by atoms with E-state index in [9.17, 15) is 4.39 Å². The number of anilines is 1. The fraction of sp³-hybridized carbons (Fsp3) is 0.571. The van der Waals surface area contributed by atoms with Crippen LogP contribution in [0.4, 0.5) is 10.1 Å². The smallest absolute Gasteiger partial charge is 0.130 e. The molecule has 4 heteroatoms. The average molecular weight is 251 g/mol. The van der Waals surface area contributed by atoms with Crippen LogP contribution in [-0.2, 0) is 0 Å². The third-order valence-electron chi connectivity index (χ3n) is 3.72. The Bertz CT molecular complexity index is 418. The summed E-state index contributed by atoms with van der Waals surface area (Å²) in [5, 5.41) is 0. The molecule has 1 aliphatic rings. The highest BCUT2D eigenvalue weighted by atomic mass is 19.1. The third-order valence-corrected chi connectivity index (χ3v) is 3.72. The van der Waals surface area contributed by atoms with E-state index in [2.05, 4.69) is 23.9 Å². The summed E-state index contributed by atoms with van der Waals surface area (Å²) in [4.78, 5) is 4.47. The molecule has 0 spiro atoms. The Kier molecular flexibility index (Phi) is 3.88. The number of benzene rings is 1. The van der Waals surface area contributed by atoms with Gasteiger partial charge in [-0.05, 0) is 39.6 Å². The third kappa shape index (κ3) is 2.49. The Balaban J connectivity index is 2.27. The molecule has 0 saturated carbocycles. The van der Waals surface area contributed by atoms with Gasteiger partial charge >= 0.3 is 0 Å². The molecule has 0 aliphatic carbocycles. The summed E-state index contributed by atoms with van der Waals surface area (Å²) in [6.07, 6.45) is 1.11. The molecule has 2 atom stereocenters. The van der Waals surface area contributed by atoms with Crippen LogP contribution in [0, 0.1) is 5.82 Å². The molecule has 100 valence electrons. The van der Waals surface area contributed by atoms with Crippen LogP contribution < -0.4 is 10.6 Å². The molecule has 2 N–H and O–H groups in total. The molecule has 1 heterocycles. The Morgan fingerprint density at radius 1 is 1.44 bits per heavy atom. The molecule has 1 unspecified atom stereocenters. The van der Waals surface area contributed by atoms with Crippen molar-refractivity contribution in [2.24, 2.45) is 5.73 Å². The number of hydrogen-bond acceptors (Lipinski definition) is 3. The first-order valence-corrected chi connectivity index (χ1v) is 6.46. The van der Waals surface area contributed by atoms with Crippen molar-refractivity contribution in [2.75, 3.05) is 32.1 Å². The fourth-order valence-corrected chi connectivity index (χ4v) is 2.63. The van der Waals surface area contributed by atoms with Gasteiger partial charge in [0.1, 0.15) is 5.82 Å². The summed E-state index contributed by atoms with van der Waals surface area (Å²) in [5.41, 5.74) is 7.49. The predicted molar refractivity (Wildman–Crippen MR) is 73.3 cm³/mol. The van der Waals surface area contributed by atoms with E-state index in [1.54, 1.807) is 6.07 Å². The molecule has 0 amide bonds. The highest BCUT2D eigenvalue weighted by Gasteiger charge is 2.26. The van der Waals surface area contributed by atoms with Crippen molar-refractivity contribution in [3.8, 4) is 0 Å². The molecule has 1 aromatic carbocycles. The van der Waals surface area contributed by atoms with Crippen molar-refractivity contribution >= 4 is 5.69 Å². The minimum atomic E-state index is -0.278. The van der Waals surface area contributed by atoms with Gasteiger partial charge in [-0.15, -0.1) is 0 Å². The summed E-state index contributed by atoms with van der Waals surface area (Å²) < 4.78 is 13.9. The summed E-state index contributed by atoms with van der Waals surface area (Å²) >= 11 is 0. The number of halogens is 1. The molecule has 2 rings (SSSR count). The van der Waals surface area contributed by atoms with Gasteiger partial charge in [-0.3, -0.25) is 0 Å².